The van der Waals surface area contributed by atoms with Gasteiger partial charge in [-0.25, -0.2) is 4.79 Å². The zero-order valence-corrected chi connectivity index (χ0v) is 15.7. The van der Waals surface area contributed by atoms with Crippen molar-refractivity contribution in [3.63, 3.8) is 0 Å². The Kier molecular flexibility index (Phi) is 5.25. The molecule has 5 rings (SSSR count). The summed E-state index contributed by atoms with van der Waals surface area (Å²) in [4.78, 5) is 35.9. The number of ether oxygens (including phenoxy) is 1. The third kappa shape index (κ3) is 4.36. The van der Waals surface area contributed by atoms with E-state index in [0.29, 0.717) is 13.0 Å². The lowest BCUT2D eigenvalue weighted by atomic mass is 9.53. The van der Waals surface area contributed by atoms with Crippen LogP contribution in [0.3, 0.4) is 0 Å². The minimum atomic E-state index is -0.477. The molecular weight excluding hydrogens is 348 g/mol. The minimum Gasteiger partial charge on any atom is -0.368 e. The van der Waals surface area contributed by atoms with Gasteiger partial charge in [0.2, 0.25) is 5.91 Å². The normalized spacial score (nSPS) is 36.3. The second kappa shape index (κ2) is 7.66. The summed E-state index contributed by atoms with van der Waals surface area (Å²) >= 11 is 0. The first kappa shape index (κ1) is 18.5. The molecule has 5 aliphatic rings. The third-order valence-electron chi connectivity index (χ3n) is 6.60. The molecule has 150 valence electrons. The first-order valence-electron chi connectivity index (χ1n) is 10.3. The van der Waals surface area contributed by atoms with E-state index in [1.165, 1.54) is 19.3 Å². The average molecular weight is 378 g/mol. The summed E-state index contributed by atoms with van der Waals surface area (Å²) in [6.07, 6.45) is 8.46. The summed E-state index contributed by atoms with van der Waals surface area (Å²) in [5.41, 5.74) is 4.71. The van der Waals surface area contributed by atoms with Crippen molar-refractivity contribution in [2.75, 3.05) is 13.2 Å². The van der Waals surface area contributed by atoms with Crippen molar-refractivity contribution in [1.29, 1.82) is 0 Å². The summed E-state index contributed by atoms with van der Waals surface area (Å²) in [5, 5.41) is 6.00. The summed E-state index contributed by atoms with van der Waals surface area (Å²) in [6.45, 7) is 0.814. The van der Waals surface area contributed by atoms with E-state index >= 15 is 0 Å². The molecule has 4 saturated carbocycles. The Bertz CT molecular complexity index is 567. The minimum absolute atomic E-state index is 0.0314. The van der Waals surface area contributed by atoms with Crippen molar-refractivity contribution < 1.29 is 19.1 Å². The lowest BCUT2D eigenvalue weighted by Crippen LogP contribution is -2.61. The molecule has 1 aliphatic heterocycles. The van der Waals surface area contributed by atoms with Crippen molar-refractivity contribution in [3.05, 3.63) is 0 Å². The number of hydrazine groups is 1. The number of hydrogen-bond acceptors (Lipinski definition) is 4. The van der Waals surface area contributed by atoms with Gasteiger partial charge in [-0.15, -0.1) is 0 Å². The molecule has 8 nitrogen and oxygen atoms in total. The average Bonchev–Trinajstić information content (AvgIpc) is 3.12. The van der Waals surface area contributed by atoms with Crippen molar-refractivity contribution in [2.24, 2.45) is 17.8 Å². The zero-order valence-electron chi connectivity index (χ0n) is 15.7. The summed E-state index contributed by atoms with van der Waals surface area (Å²) in [5.74, 6) is 1.66. The molecular formula is C19H30N4O4. The predicted octanol–water partition coefficient (Wildman–Crippen LogP) is 0.971. The number of amides is 4. The molecule has 4 bridgehead atoms. The highest BCUT2D eigenvalue weighted by Gasteiger charge is 2.51. The fraction of sp³-hybridized carbons (Fsp3) is 0.842. The lowest BCUT2D eigenvalue weighted by molar-refractivity contribution is -0.134. The zero-order chi connectivity index (χ0) is 18.9. The van der Waals surface area contributed by atoms with Gasteiger partial charge in [0.25, 0.3) is 5.91 Å². The molecule has 1 heterocycles. The van der Waals surface area contributed by atoms with Crippen LogP contribution in [0.25, 0.3) is 0 Å². The quantitative estimate of drug-likeness (QED) is 0.535. The van der Waals surface area contributed by atoms with Gasteiger partial charge < -0.3 is 15.4 Å². The van der Waals surface area contributed by atoms with Crippen LogP contribution < -0.4 is 21.5 Å². The van der Waals surface area contributed by atoms with Gasteiger partial charge in [-0.05, 0) is 69.1 Å². The van der Waals surface area contributed by atoms with Gasteiger partial charge in [-0.3, -0.25) is 20.4 Å². The van der Waals surface area contributed by atoms with E-state index in [1.54, 1.807) is 0 Å². The fourth-order valence-electron chi connectivity index (χ4n) is 5.90. The van der Waals surface area contributed by atoms with Crippen LogP contribution in [0.4, 0.5) is 4.79 Å². The van der Waals surface area contributed by atoms with Crippen LogP contribution in [0.5, 0.6) is 0 Å². The van der Waals surface area contributed by atoms with E-state index in [2.05, 4.69) is 21.5 Å². The van der Waals surface area contributed by atoms with E-state index in [0.717, 1.165) is 43.4 Å². The standard InChI is InChI=1S/C19H30N4O4/c24-16(22-23-17(25)15-2-1-5-27-15)3-4-20-18(26)21-19-9-12-6-13(10-19)8-14(7-12)11-19/h12-15H,1-11H2,(H,22,24)(H,23,25)(H2,20,21,26). The van der Waals surface area contributed by atoms with Gasteiger partial charge in [-0.2, -0.15) is 0 Å². The van der Waals surface area contributed by atoms with Gasteiger partial charge in [0.1, 0.15) is 6.10 Å². The van der Waals surface area contributed by atoms with Gasteiger partial charge in [-0.1, -0.05) is 0 Å². The number of rotatable bonds is 5. The number of carbonyl (C=O) groups is 3. The molecule has 0 spiro atoms. The van der Waals surface area contributed by atoms with E-state index in [9.17, 15) is 14.4 Å². The Hall–Kier alpha value is -1.83. The van der Waals surface area contributed by atoms with Gasteiger partial charge in [0, 0.05) is 25.1 Å². The number of carbonyl (C=O) groups excluding carboxylic acids is 3. The second-order valence-electron chi connectivity index (χ2n) is 8.87. The molecule has 1 unspecified atom stereocenters. The van der Waals surface area contributed by atoms with Gasteiger partial charge in [0.05, 0.1) is 0 Å². The molecule has 4 N–H and O–H groups in total. The highest BCUT2D eigenvalue weighted by Crippen LogP contribution is 2.55. The Morgan fingerprint density at radius 1 is 0.963 bits per heavy atom. The van der Waals surface area contributed by atoms with Crippen LogP contribution in [0.15, 0.2) is 0 Å². The summed E-state index contributed by atoms with van der Waals surface area (Å²) < 4.78 is 5.25. The molecule has 0 aromatic rings. The fourth-order valence-corrected chi connectivity index (χ4v) is 5.90. The van der Waals surface area contributed by atoms with Gasteiger partial charge in [0.15, 0.2) is 0 Å². The molecule has 0 radical (unpaired) electrons. The maximum atomic E-state index is 12.3. The molecule has 4 amide bonds. The SMILES string of the molecule is O=C(CCNC(=O)NC12CC3CC(CC(C3)C1)C2)NNC(=O)C1CCCO1. The third-order valence-corrected chi connectivity index (χ3v) is 6.60. The molecule has 4 aliphatic carbocycles. The second-order valence-corrected chi connectivity index (χ2v) is 8.87. The summed E-state index contributed by atoms with van der Waals surface area (Å²) in [7, 11) is 0. The largest absolute Gasteiger partial charge is 0.368 e. The maximum absolute atomic E-state index is 12.3. The topological polar surface area (TPSA) is 109 Å². The monoisotopic (exact) mass is 378 g/mol. The van der Waals surface area contributed by atoms with Crippen LogP contribution in [0.2, 0.25) is 0 Å². The summed E-state index contributed by atoms with van der Waals surface area (Å²) in [6, 6.07) is -0.187. The number of urea groups is 1. The molecule has 1 atom stereocenters. The Morgan fingerprint density at radius 3 is 2.22 bits per heavy atom. The first-order chi connectivity index (χ1) is 13.0. The Morgan fingerprint density at radius 2 is 1.63 bits per heavy atom. The van der Waals surface area contributed by atoms with Crippen LogP contribution in [0.1, 0.15) is 57.8 Å². The van der Waals surface area contributed by atoms with Crippen LogP contribution in [-0.4, -0.2) is 42.6 Å². The van der Waals surface area contributed by atoms with E-state index < -0.39 is 6.10 Å². The highest BCUT2D eigenvalue weighted by molar-refractivity contribution is 5.85. The van der Waals surface area contributed by atoms with Crippen molar-refractivity contribution in [2.45, 2.75) is 69.4 Å². The lowest BCUT2D eigenvalue weighted by Gasteiger charge is -2.56. The van der Waals surface area contributed by atoms with E-state index in [-0.39, 0.29) is 36.3 Å². The predicted molar refractivity (Wildman–Crippen MR) is 97.3 cm³/mol. The molecule has 5 fully saturated rings. The van der Waals surface area contributed by atoms with E-state index in [1.807, 2.05) is 0 Å². The molecule has 1 saturated heterocycles. The maximum Gasteiger partial charge on any atom is 0.315 e. The van der Waals surface area contributed by atoms with Crippen molar-refractivity contribution >= 4 is 17.8 Å². The first-order valence-corrected chi connectivity index (χ1v) is 10.3. The Labute approximate surface area is 159 Å². The van der Waals surface area contributed by atoms with Crippen LogP contribution >= 0.6 is 0 Å². The smallest absolute Gasteiger partial charge is 0.315 e. The molecule has 27 heavy (non-hydrogen) atoms. The molecule has 0 aromatic heterocycles. The molecule has 8 heteroatoms. The van der Waals surface area contributed by atoms with Gasteiger partial charge >= 0.3 is 6.03 Å². The van der Waals surface area contributed by atoms with Crippen molar-refractivity contribution in [1.82, 2.24) is 21.5 Å². The molecule has 0 aromatic carbocycles. The highest BCUT2D eigenvalue weighted by atomic mass is 16.5. The van der Waals surface area contributed by atoms with Crippen molar-refractivity contribution in [3.8, 4) is 0 Å². The Balaban J connectivity index is 1.14. The number of nitrogens with one attached hydrogen (secondary N) is 4. The number of hydrogen-bond donors (Lipinski definition) is 4. The van der Waals surface area contributed by atoms with E-state index in [4.69, 9.17) is 4.74 Å². The van der Waals surface area contributed by atoms with Crippen LogP contribution in [-0.2, 0) is 14.3 Å². The van der Waals surface area contributed by atoms with Crippen LogP contribution in [0, 0.1) is 17.8 Å².